The van der Waals surface area contributed by atoms with Gasteiger partial charge in [0.25, 0.3) is 0 Å². The fourth-order valence-corrected chi connectivity index (χ4v) is 0.757. The Hall–Kier alpha value is -0.970. The van der Waals surface area contributed by atoms with Crippen LogP contribution in [0, 0.1) is 10.1 Å². The molecule has 0 fully saturated rings. The van der Waals surface area contributed by atoms with Crippen molar-refractivity contribution in [2.45, 2.75) is 0 Å². The lowest BCUT2D eigenvalue weighted by Gasteiger charge is -1.80. The van der Waals surface area contributed by atoms with E-state index in [-0.39, 0.29) is 5.13 Å². The van der Waals surface area contributed by atoms with Crippen LogP contribution in [0.2, 0.25) is 0 Å². The molecule has 0 unspecified atom stereocenters. The summed E-state index contributed by atoms with van der Waals surface area (Å²) in [7, 11) is 0. The van der Waals surface area contributed by atoms with Crippen LogP contribution in [-0.2, 0) is 0 Å². The maximum Gasteiger partial charge on any atom is 0.423 e. The SMILES string of the molecule is O=[N+]([O-])c1nccs1. The van der Waals surface area contributed by atoms with Gasteiger partial charge in [-0.15, -0.1) is 0 Å². The lowest BCUT2D eigenvalue weighted by molar-refractivity contribution is -0.384. The summed E-state index contributed by atoms with van der Waals surface area (Å²) in [4.78, 5) is 12.7. The summed E-state index contributed by atoms with van der Waals surface area (Å²) in [5.41, 5.74) is 0. The largest absolute Gasteiger partial charge is 0.423 e. The van der Waals surface area contributed by atoms with E-state index in [2.05, 4.69) is 4.98 Å². The third kappa shape index (κ3) is 0.812. The summed E-state index contributed by atoms with van der Waals surface area (Å²) in [6.07, 6.45) is 1.41. The lowest BCUT2D eigenvalue weighted by atomic mass is 11.0. The predicted octanol–water partition coefficient (Wildman–Crippen LogP) is 1.05. The zero-order chi connectivity index (χ0) is 5.98. The number of nitrogens with zero attached hydrogens (tertiary/aromatic N) is 2. The first-order valence-corrected chi connectivity index (χ1v) is 2.72. The van der Waals surface area contributed by atoms with Gasteiger partial charge in [0.05, 0.1) is 0 Å². The van der Waals surface area contributed by atoms with Gasteiger partial charge in [-0.3, -0.25) is 0 Å². The number of hydrogen-bond donors (Lipinski definition) is 0. The molecule has 1 heterocycles. The summed E-state index contributed by atoms with van der Waals surface area (Å²) >= 11 is 1.02. The van der Waals surface area contributed by atoms with Crippen molar-refractivity contribution in [3.8, 4) is 0 Å². The van der Waals surface area contributed by atoms with E-state index in [1.165, 1.54) is 6.20 Å². The molecule has 0 spiro atoms. The number of aromatic nitrogens is 1. The zero-order valence-corrected chi connectivity index (χ0v) is 4.59. The molecule has 0 amide bonds. The van der Waals surface area contributed by atoms with Gasteiger partial charge in [0.2, 0.25) is 0 Å². The van der Waals surface area contributed by atoms with Gasteiger partial charge >= 0.3 is 5.13 Å². The van der Waals surface area contributed by atoms with E-state index in [9.17, 15) is 10.1 Å². The van der Waals surface area contributed by atoms with Crippen molar-refractivity contribution in [2.24, 2.45) is 0 Å². The van der Waals surface area contributed by atoms with Gasteiger partial charge in [-0.2, -0.15) is 0 Å². The Kier molecular flexibility index (Phi) is 1.21. The number of hydrogen-bond acceptors (Lipinski definition) is 4. The molecular weight excluding hydrogens is 128 g/mol. The van der Waals surface area contributed by atoms with Crippen molar-refractivity contribution in [3.05, 3.63) is 21.7 Å². The second-order valence-corrected chi connectivity index (χ2v) is 1.94. The summed E-state index contributed by atoms with van der Waals surface area (Å²) in [6.45, 7) is 0. The average molecular weight is 130 g/mol. The number of thiazole rings is 1. The second-order valence-electron chi connectivity index (χ2n) is 1.07. The molecule has 0 atom stereocenters. The van der Waals surface area contributed by atoms with E-state index in [1.54, 1.807) is 5.38 Å². The Morgan fingerprint density at radius 3 is 2.88 bits per heavy atom. The Bertz CT molecular complexity index is 183. The number of rotatable bonds is 1. The van der Waals surface area contributed by atoms with Crippen LogP contribution in [-0.4, -0.2) is 9.91 Å². The average Bonchev–Trinajstić information content (AvgIpc) is 2.12. The van der Waals surface area contributed by atoms with Gasteiger partial charge in [-0.05, 0) is 21.2 Å². The van der Waals surface area contributed by atoms with Crippen molar-refractivity contribution in [1.82, 2.24) is 4.98 Å². The number of nitro groups is 1. The van der Waals surface area contributed by atoms with Gasteiger partial charge < -0.3 is 10.1 Å². The molecular formula is C3H2N2O2S. The minimum absolute atomic E-state index is 0.0509. The smallest absolute Gasteiger partial charge is 0.357 e. The van der Waals surface area contributed by atoms with E-state index in [0.717, 1.165) is 11.3 Å². The molecule has 0 bridgehead atoms. The minimum atomic E-state index is -0.509. The Labute approximate surface area is 48.9 Å². The monoisotopic (exact) mass is 130 g/mol. The standard InChI is InChI=1S/C3H2N2O2S/c6-5(7)3-4-1-2-8-3/h1-2H. The molecule has 1 aromatic rings. The molecule has 42 valence electrons. The van der Waals surface area contributed by atoms with Crippen LogP contribution < -0.4 is 0 Å². The maximum absolute atomic E-state index is 9.82. The molecule has 0 N–H and O–H groups in total. The Morgan fingerprint density at radius 2 is 2.62 bits per heavy atom. The first-order valence-electron chi connectivity index (χ1n) is 1.84. The second kappa shape index (κ2) is 1.87. The zero-order valence-electron chi connectivity index (χ0n) is 3.77. The normalized spacial score (nSPS) is 9.00. The molecule has 0 aliphatic heterocycles. The summed E-state index contributed by atoms with van der Waals surface area (Å²) < 4.78 is 0. The fourth-order valence-electron chi connectivity index (χ4n) is 0.306. The maximum atomic E-state index is 9.82. The third-order valence-corrected chi connectivity index (χ3v) is 1.30. The highest BCUT2D eigenvalue weighted by molar-refractivity contribution is 7.12. The molecule has 4 nitrogen and oxygen atoms in total. The van der Waals surface area contributed by atoms with Crippen LogP contribution in [0.15, 0.2) is 11.6 Å². The predicted molar refractivity (Wildman–Crippen MR) is 28.8 cm³/mol. The van der Waals surface area contributed by atoms with Gasteiger partial charge in [0.15, 0.2) is 6.20 Å². The molecule has 0 saturated carbocycles. The van der Waals surface area contributed by atoms with Crippen molar-refractivity contribution in [2.75, 3.05) is 0 Å². The van der Waals surface area contributed by atoms with Crippen LogP contribution >= 0.6 is 11.3 Å². The van der Waals surface area contributed by atoms with Crippen LogP contribution in [0.5, 0.6) is 0 Å². The molecule has 0 aliphatic carbocycles. The summed E-state index contributed by atoms with van der Waals surface area (Å²) in [6, 6.07) is 0. The Balaban J connectivity index is 2.93. The lowest BCUT2D eigenvalue weighted by Crippen LogP contribution is -1.83. The van der Waals surface area contributed by atoms with Crippen LogP contribution in [0.1, 0.15) is 0 Å². The van der Waals surface area contributed by atoms with Crippen LogP contribution in [0.25, 0.3) is 0 Å². The molecule has 5 heteroatoms. The van der Waals surface area contributed by atoms with Crippen LogP contribution in [0.3, 0.4) is 0 Å². The van der Waals surface area contributed by atoms with Crippen molar-refractivity contribution in [3.63, 3.8) is 0 Å². The third-order valence-electron chi connectivity index (χ3n) is 0.575. The van der Waals surface area contributed by atoms with Crippen molar-refractivity contribution in [1.29, 1.82) is 0 Å². The molecule has 1 aromatic heterocycles. The van der Waals surface area contributed by atoms with E-state index in [1.807, 2.05) is 0 Å². The van der Waals surface area contributed by atoms with Crippen LogP contribution in [0.4, 0.5) is 5.13 Å². The first kappa shape index (κ1) is 5.17. The van der Waals surface area contributed by atoms with E-state index < -0.39 is 4.92 Å². The molecule has 0 aromatic carbocycles. The van der Waals surface area contributed by atoms with Gasteiger partial charge in [0.1, 0.15) is 0 Å². The van der Waals surface area contributed by atoms with Gasteiger partial charge in [0, 0.05) is 5.38 Å². The van der Waals surface area contributed by atoms with E-state index in [4.69, 9.17) is 0 Å². The van der Waals surface area contributed by atoms with Crippen molar-refractivity contribution < 1.29 is 4.92 Å². The molecule has 1 rings (SSSR count). The fraction of sp³-hybridized carbons (Fsp3) is 0. The topological polar surface area (TPSA) is 56.0 Å². The highest BCUT2D eigenvalue weighted by Crippen LogP contribution is 2.11. The molecule has 8 heavy (non-hydrogen) atoms. The van der Waals surface area contributed by atoms with Gasteiger partial charge in [-0.25, -0.2) is 0 Å². The van der Waals surface area contributed by atoms with Gasteiger partial charge in [-0.1, -0.05) is 0 Å². The summed E-state index contributed by atoms with van der Waals surface area (Å²) in [5.74, 6) is 0. The minimum Gasteiger partial charge on any atom is -0.357 e. The highest BCUT2D eigenvalue weighted by Gasteiger charge is 2.04. The molecule has 0 saturated heterocycles. The van der Waals surface area contributed by atoms with E-state index >= 15 is 0 Å². The first-order chi connectivity index (χ1) is 3.80. The Morgan fingerprint density at radius 1 is 1.88 bits per heavy atom. The quantitative estimate of drug-likeness (QED) is 0.421. The van der Waals surface area contributed by atoms with E-state index in [0.29, 0.717) is 0 Å². The molecule has 0 aliphatic rings. The van der Waals surface area contributed by atoms with Crippen molar-refractivity contribution >= 4 is 16.5 Å². The summed E-state index contributed by atoms with van der Waals surface area (Å²) in [5, 5.41) is 11.3. The highest BCUT2D eigenvalue weighted by atomic mass is 32.1. The molecule has 0 radical (unpaired) electrons.